The van der Waals surface area contributed by atoms with Crippen molar-refractivity contribution < 1.29 is 8.94 Å². The minimum Gasteiger partial charge on any atom is -0.445 e. The SMILES string of the molecule is Cc1cnc(CN2CCCCCC2c2noc(-c3cnn(C)c3)n2)o1. The van der Waals surface area contributed by atoms with Crippen LogP contribution in [0.3, 0.4) is 0 Å². The lowest BCUT2D eigenvalue weighted by Gasteiger charge is -2.26. The number of hydrogen-bond acceptors (Lipinski definition) is 7. The largest absolute Gasteiger partial charge is 0.445 e. The first-order valence-corrected chi connectivity index (χ1v) is 8.67. The second-order valence-electron chi connectivity index (χ2n) is 6.56. The van der Waals surface area contributed by atoms with Crippen molar-refractivity contribution in [1.82, 2.24) is 29.8 Å². The summed E-state index contributed by atoms with van der Waals surface area (Å²) in [6.07, 6.45) is 9.90. The Morgan fingerprint density at radius 3 is 2.92 bits per heavy atom. The second-order valence-corrected chi connectivity index (χ2v) is 6.56. The van der Waals surface area contributed by atoms with E-state index in [1.54, 1.807) is 17.1 Å². The molecule has 4 heterocycles. The van der Waals surface area contributed by atoms with Gasteiger partial charge in [-0.05, 0) is 26.3 Å². The van der Waals surface area contributed by atoms with E-state index in [0.717, 1.165) is 48.8 Å². The summed E-state index contributed by atoms with van der Waals surface area (Å²) in [5, 5.41) is 8.41. The highest BCUT2D eigenvalue weighted by Gasteiger charge is 2.28. The highest BCUT2D eigenvalue weighted by atomic mass is 16.5. The molecule has 0 saturated carbocycles. The summed E-state index contributed by atoms with van der Waals surface area (Å²) in [6.45, 7) is 3.55. The summed E-state index contributed by atoms with van der Waals surface area (Å²) in [6, 6.07) is 0.115. The van der Waals surface area contributed by atoms with Crippen molar-refractivity contribution in [2.24, 2.45) is 7.05 Å². The molecule has 132 valence electrons. The number of likely N-dealkylation sites (tertiary alicyclic amines) is 1. The molecule has 0 spiro atoms. The van der Waals surface area contributed by atoms with E-state index in [2.05, 4.69) is 25.1 Å². The molecule has 0 aliphatic carbocycles. The van der Waals surface area contributed by atoms with Crippen molar-refractivity contribution in [3.8, 4) is 11.5 Å². The Balaban J connectivity index is 1.57. The highest BCUT2D eigenvalue weighted by Crippen LogP contribution is 2.31. The van der Waals surface area contributed by atoms with E-state index in [1.165, 1.54) is 6.42 Å². The van der Waals surface area contributed by atoms with Gasteiger partial charge in [-0.3, -0.25) is 9.58 Å². The van der Waals surface area contributed by atoms with E-state index >= 15 is 0 Å². The van der Waals surface area contributed by atoms with Gasteiger partial charge in [0.1, 0.15) is 5.76 Å². The molecule has 1 saturated heterocycles. The lowest BCUT2D eigenvalue weighted by Crippen LogP contribution is -2.29. The van der Waals surface area contributed by atoms with E-state index in [1.807, 2.05) is 20.2 Å². The van der Waals surface area contributed by atoms with Crippen molar-refractivity contribution in [3.63, 3.8) is 0 Å². The third kappa shape index (κ3) is 3.48. The third-order valence-corrected chi connectivity index (χ3v) is 4.56. The van der Waals surface area contributed by atoms with E-state index in [-0.39, 0.29) is 6.04 Å². The van der Waals surface area contributed by atoms with E-state index in [4.69, 9.17) is 8.94 Å². The zero-order chi connectivity index (χ0) is 17.2. The molecule has 1 aliphatic heterocycles. The van der Waals surface area contributed by atoms with Crippen LogP contribution in [0.25, 0.3) is 11.5 Å². The van der Waals surface area contributed by atoms with Crippen LogP contribution in [0.1, 0.15) is 49.2 Å². The van der Waals surface area contributed by atoms with E-state index in [9.17, 15) is 0 Å². The molecular formula is C17H22N6O2. The average Bonchev–Trinajstić information content (AvgIpc) is 3.28. The Morgan fingerprint density at radius 1 is 1.24 bits per heavy atom. The summed E-state index contributed by atoms with van der Waals surface area (Å²) < 4.78 is 12.9. The molecule has 0 aromatic carbocycles. The van der Waals surface area contributed by atoms with Crippen LogP contribution >= 0.6 is 0 Å². The fraction of sp³-hybridized carbons (Fsp3) is 0.529. The minimum atomic E-state index is 0.115. The molecule has 8 nitrogen and oxygen atoms in total. The molecule has 0 amide bonds. The smallest absolute Gasteiger partial charge is 0.261 e. The summed E-state index contributed by atoms with van der Waals surface area (Å²) in [7, 11) is 1.87. The van der Waals surface area contributed by atoms with Crippen LogP contribution in [0.2, 0.25) is 0 Å². The van der Waals surface area contributed by atoms with Crippen LogP contribution < -0.4 is 0 Å². The Bertz CT molecular complexity index is 836. The molecule has 8 heteroatoms. The molecule has 1 fully saturated rings. The summed E-state index contributed by atoms with van der Waals surface area (Å²) in [5.41, 5.74) is 0.838. The molecule has 25 heavy (non-hydrogen) atoms. The van der Waals surface area contributed by atoms with Crippen LogP contribution in [0.15, 0.2) is 27.5 Å². The fourth-order valence-corrected chi connectivity index (χ4v) is 3.32. The maximum Gasteiger partial charge on any atom is 0.261 e. The van der Waals surface area contributed by atoms with Gasteiger partial charge in [-0.2, -0.15) is 10.1 Å². The summed E-state index contributed by atoms with van der Waals surface area (Å²) in [5.74, 6) is 2.81. The van der Waals surface area contributed by atoms with E-state index < -0.39 is 0 Å². The molecular weight excluding hydrogens is 320 g/mol. The first kappa shape index (κ1) is 16.0. The van der Waals surface area contributed by atoms with Crippen LogP contribution in [-0.4, -0.2) is 36.3 Å². The average molecular weight is 342 g/mol. The van der Waals surface area contributed by atoms with Gasteiger partial charge >= 0.3 is 0 Å². The third-order valence-electron chi connectivity index (χ3n) is 4.56. The minimum absolute atomic E-state index is 0.115. The first-order chi connectivity index (χ1) is 12.2. The normalized spacial score (nSPS) is 19.2. The van der Waals surface area contributed by atoms with Gasteiger partial charge in [-0.1, -0.05) is 18.0 Å². The molecule has 3 aromatic rings. The number of hydrogen-bond donors (Lipinski definition) is 0. The van der Waals surface area contributed by atoms with Crippen LogP contribution in [0.5, 0.6) is 0 Å². The number of oxazole rings is 1. The summed E-state index contributed by atoms with van der Waals surface area (Å²) in [4.78, 5) is 11.3. The van der Waals surface area contributed by atoms with Crippen molar-refractivity contribution in [2.45, 2.75) is 45.2 Å². The van der Waals surface area contributed by atoms with E-state index in [0.29, 0.717) is 12.4 Å². The zero-order valence-corrected chi connectivity index (χ0v) is 14.6. The molecule has 1 unspecified atom stereocenters. The van der Waals surface area contributed by atoms with Crippen molar-refractivity contribution in [1.29, 1.82) is 0 Å². The Hall–Kier alpha value is -2.48. The number of aromatic nitrogens is 5. The van der Waals surface area contributed by atoms with Gasteiger partial charge in [0.15, 0.2) is 5.82 Å². The molecule has 0 bridgehead atoms. The van der Waals surface area contributed by atoms with Gasteiger partial charge in [0.2, 0.25) is 5.89 Å². The van der Waals surface area contributed by atoms with Gasteiger partial charge in [-0.15, -0.1) is 0 Å². The van der Waals surface area contributed by atoms with Crippen molar-refractivity contribution >= 4 is 0 Å². The molecule has 3 aromatic heterocycles. The highest BCUT2D eigenvalue weighted by molar-refractivity contribution is 5.49. The van der Waals surface area contributed by atoms with Crippen LogP contribution in [0, 0.1) is 6.92 Å². The second kappa shape index (κ2) is 6.79. The van der Waals surface area contributed by atoms with Gasteiger partial charge in [0, 0.05) is 13.2 Å². The lowest BCUT2D eigenvalue weighted by atomic mass is 10.1. The quantitative estimate of drug-likeness (QED) is 0.720. The monoisotopic (exact) mass is 342 g/mol. The maximum atomic E-state index is 5.66. The van der Waals surface area contributed by atoms with Crippen molar-refractivity contribution in [3.05, 3.63) is 36.1 Å². The first-order valence-electron chi connectivity index (χ1n) is 8.67. The Morgan fingerprint density at radius 2 is 2.16 bits per heavy atom. The topological polar surface area (TPSA) is 86.0 Å². The molecule has 0 N–H and O–H groups in total. The molecule has 1 aliphatic rings. The number of aryl methyl sites for hydroxylation is 2. The number of nitrogens with zero attached hydrogens (tertiary/aromatic N) is 6. The standard InChI is InChI=1S/C17H22N6O2/c1-12-8-18-15(24-12)11-23-7-5-3-4-6-14(23)16-20-17(25-21-16)13-9-19-22(2)10-13/h8-10,14H,3-7,11H2,1-2H3. The van der Waals surface area contributed by atoms with Gasteiger partial charge in [-0.25, -0.2) is 4.98 Å². The van der Waals surface area contributed by atoms with Gasteiger partial charge in [0.05, 0.1) is 30.5 Å². The molecule has 0 radical (unpaired) electrons. The predicted molar refractivity (Wildman–Crippen MR) is 89.4 cm³/mol. The van der Waals surface area contributed by atoms with Gasteiger partial charge < -0.3 is 8.94 Å². The lowest BCUT2D eigenvalue weighted by molar-refractivity contribution is 0.164. The predicted octanol–water partition coefficient (Wildman–Crippen LogP) is 2.88. The van der Waals surface area contributed by atoms with Gasteiger partial charge in [0.25, 0.3) is 5.89 Å². The Kier molecular flexibility index (Phi) is 4.35. The summed E-state index contributed by atoms with van der Waals surface area (Å²) >= 11 is 0. The van der Waals surface area contributed by atoms with Crippen LogP contribution in [0.4, 0.5) is 0 Å². The van der Waals surface area contributed by atoms with Crippen LogP contribution in [-0.2, 0) is 13.6 Å². The maximum absolute atomic E-state index is 5.66. The Labute approximate surface area is 145 Å². The number of rotatable bonds is 4. The fourth-order valence-electron chi connectivity index (χ4n) is 3.32. The zero-order valence-electron chi connectivity index (χ0n) is 14.6. The van der Waals surface area contributed by atoms with Crippen molar-refractivity contribution in [2.75, 3.05) is 6.54 Å². The molecule has 1 atom stereocenters. The molecule has 4 rings (SSSR count).